The number of rotatable bonds is 4. The molecule has 0 atom stereocenters. The van der Waals surface area contributed by atoms with Gasteiger partial charge < -0.3 is 9.73 Å². The van der Waals surface area contributed by atoms with Crippen LogP contribution in [0.1, 0.15) is 22.9 Å². The van der Waals surface area contributed by atoms with Gasteiger partial charge in [0.2, 0.25) is 0 Å². The molecule has 4 heteroatoms. The Morgan fingerprint density at radius 2 is 0.887 bits per heavy atom. The van der Waals surface area contributed by atoms with E-state index in [-0.39, 0.29) is 0 Å². The van der Waals surface area contributed by atoms with Crippen molar-refractivity contribution in [3.05, 3.63) is 193 Å². The van der Waals surface area contributed by atoms with Crippen molar-refractivity contribution in [2.75, 3.05) is 0 Å². The minimum atomic E-state index is -0.438. The van der Waals surface area contributed by atoms with Crippen molar-refractivity contribution < 1.29 is 4.42 Å². The molecular formula is C49H31N3O. The Labute approximate surface area is 305 Å². The molecular weight excluding hydrogens is 647 g/mol. The molecule has 0 fully saturated rings. The SMILES string of the molecule is c1ccc2c(c1)ccc1ccc(C3=NC(c4ccc(-c5cccc6oc7ccccc7c56)cc4)N=C(c4ccc5ccc6ccccc6c5c4)N3)cc12. The standard InChI is InChI=1S/C49H31N3O/c1-3-10-38-30(8-1)16-18-33-22-26-36(28-42(33)38)48-50-47(51-49(52-48)37-27-23-34-19-17-31-9-2-4-11-39(31)43(34)29-37)35-24-20-32(21-25-35)40-13-7-15-45-46(40)41-12-5-6-14-44(41)53-45/h1-29,47H,(H,50,51,52). The monoisotopic (exact) mass is 677 g/mol. The van der Waals surface area contributed by atoms with Crippen molar-refractivity contribution in [2.45, 2.75) is 6.17 Å². The number of hydrogen-bond donors (Lipinski definition) is 1. The normalized spacial score (nSPS) is 13.6. The van der Waals surface area contributed by atoms with Crippen LogP contribution in [0.25, 0.3) is 76.2 Å². The van der Waals surface area contributed by atoms with Gasteiger partial charge in [-0.15, -0.1) is 0 Å². The zero-order chi connectivity index (χ0) is 34.9. The summed E-state index contributed by atoms with van der Waals surface area (Å²) in [6, 6.07) is 62.3. The maximum absolute atomic E-state index is 6.20. The first-order valence-corrected chi connectivity index (χ1v) is 18.0. The summed E-state index contributed by atoms with van der Waals surface area (Å²) in [6.07, 6.45) is -0.438. The van der Waals surface area contributed by atoms with Gasteiger partial charge in [0.1, 0.15) is 22.8 Å². The predicted molar refractivity (Wildman–Crippen MR) is 221 cm³/mol. The van der Waals surface area contributed by atoms with Crippen molar-refractivity contribution in [1.82, 2.24) is 5.32 Å². The molecule has 53 heavy (non-hydrogen) atoms. The fourth-order valence-electron chi connectivity index (χ4n) is 8.04. The van der Waals surface area contributed by atoms with Gasteiger partial charge in [0.25, 0.3) is 0 Å². The molecule has 0 saturated carbocycles. The Hall–Kier alpha value is -7.04. The number of nitrogens with zero attached hydrogens (tertiary/aromatic N) is 2. The molecule has 0 aliphatic carbocycles. The third-order valence-electron chi connectivity index (χ3n) is 10.7. The minimum Gasteiger partial charge on any atom is -0.456 e. The second kappa shape index (κ2) is 11.8. The third-order valence-corrected chi connectivity index (χ3v) is 10.7. The van der Waals surface area contributed by atoms with Crippen molar-refractivity contribution in [1.29, 1.82) is 0 Å². The number of hydrogen-bond acceptors (Lipinski definition) is 4. The summed E-state index contributed by atoms with van der Waals surface area (Å²) in [4.78, 5) is 10.6. The van der Waals surface area contributed by atoms with Crippen LogP contribution in [0.4, 0.5) is 0 Å². The lowest BCUT2D eigenvalue weighted by molar-refractivity contribution is 0.669. The van der Waals surface area contributed by atoms with E-state index in [1.807, 2.05) is 18.2 Å². The van der Waals surface area contributed by atoms with Gasteiger partial charge in [-0.05, 0) is 84.0 Å². The van der Waals surface area contributed by atoms with E-state index in [1.54, 1.807) is 0 Å². The first-order valence-electron chi connectivity index (χ1n) is 18.0. The average Bonchev–Trinajstić information content (AvgIpc) is 3.62. The van der Waals surface area contributed by atoms with Crippen molar-refractivity contribution in [3.8, 4) is 11.1 Å². The van der Waals surface area contributed by atoms with Crippen LogP contribution in [-0.2, 0) is 0 Å². The van der Waals surface area contributed by atoms with E-state index in [1.165, 1.54) is 43.1 Å². The van der Waals surface area contributed by atoms with Gasteiger partial charge in [-0.3, -0.25) is 0 Å². The number of furan rings is 1. The summed E-state index contributed by atoms with van der Waals surface area (Å²) < 4.78 is 6.20. The number of nitrogens with one attached hydrogen (secondary N) is 1. The summed E-state index contributed by atoms with van der Waals surface area (Å²) in [5.41, 5.74) is 7.11. The first-order chi connectivity index (χ1) is 26.2. The summed E-state index contributed by atoms with van der Waals surface area (Å²) in [6.45, 7) is 0. The molecule has 1 aliphatic heterocycles. The van der Waals surface area contributed by atoms with Crippen LogP contribution in [-0.4, -0.2) is 11.7 Å². The van der Waals surface area contributed by atoms with E-state index in [2.05, 4.69) is 163 Å². The number of para-hydroxylation sites is 1. The zero-order valence-corrected chi connectivity index (χ0v) is 28.6. The second-order valence-corrected chi connectivity index (χ2v) is 13.8. The van der Waals surface area contributed by atoms with Crippen LogP contribution < -0.4 is 5.32 Å². The zero-order valence-electron chi connectivity index (χ0n) is 28.6. The molecule has 0 radical (unpaired) electrons. The lowest BCUT2D eigenvalue weighted by Crippen LogP contribution is -2.36. The van der Waals surface area contributed by atoms with E-state index in [0.717, 1.165) is 61.4 Å². The van der Waals surface area contributed by atoms with Gasteiger partial charge in [-0.1, -0.05) is 152 Å². The summed E-state index contributed by atoms with van der Waals surface area (Å²) in [5, 5.41) is 15.6. The average molecular weight is 678 g/mol. The highest BCUT2D eigenvalue weighted by atomic mass is 16.3. The topological polar surface area (TPSA) is 49.9 Å². The van der Waals surface area contributed by atoms with Crippen LogP contribution in [0.15, 0.2) is 190 Å². The molecule has 1 N–H and O–H groups in total. The van der Waals surface area contributed by atoms with Crippen LogP contribution in [0.3, 0.4) is 0 Å². The summed E-state index contributed by atoms with van der Waals surface area (Å²) in [7, 11) is 0. The molecule has 10 aromatic rings. The van der Waals surface area contributed by atoms with Crippen LogP contribution in [0.5, 0.6) is 0 Å². The molecule has 248 valence electrons. The van der Waals surface area contributed by atoms with E-state index >= 15 is 0 Å². The molecule has 0 amide bonds. The van der Waals surface area contributed by atoms with Crippen LogP contribution >= 0.6 is 0 Å². The van der Waals surface area contributed by atoms with Crippen molar-refractivity contribution in [2.24, 2.45) is 9.98 Å². The Morgan fingerprint density at radius 1 is 0.396 bits per heavy atom. The van der Waals surface area contributed by atoms with Gasteiger partial charge >= 0.3 is 0 Å². The molecule has 0 bridgehead atoms. The fraction of sp³-hybridized carbons (Fsp3) is 0.0204. The molecule has 4 nitrogen and oxygen atoms in total. The molecule has 0 spiro atoms. The Bertz CT molecular complexity index is 3020. The largest absolute Gasteiger partial charge is 0.456 e. The van der Waals surface area contributed by atoms with Gasteiger partial charge in [-0.2, -0.15) is 0 Å². The van der Waals surface area contributed by atoms with E-state index in [0.29, 0.717) is 0 Å². The lowest BCUT2D eigenvalue weighted by atomic mass is 9.97. The number of aliphatic imine (C=N–C) groups is 2. The molecule has 11 rings (SSSR count). The highest BCUT2D eigenvalue weighted by Gasteiger charge is 2.22. The molecule has 1 aromatic heterocycles. The van der Waals surface area contributed by atoms with Gasteiger partial charge in [0.05, 0.1) is 0 Å². The maximum atomic E-state index is 6.20. The molecule has 2 heterocycles. The van der Waals surface area contributed by atoms with Gasteiger partial charge in [-0.25, -0.2) is 9.98 Å². The second-order valence-electron chi connectivity index (χ2n) is 13.8. The van der Waals surface area contributed by atoms with Crippen LogP contribution in [0.2, 0.25) is 0 Å². The fourth-order valence-corrected chi connectivity index (χ4v) is 8.04. The Morgan fingerprint density at radius 3 is 1.51 bits per heavy atom. The number of fused-ring (bicyclic) bond motifs is 9. The maximum Gasteiger partial charge on any atom is 0.169 e. The predicted octanol–water partition coefficient (Wildman–Crippen LogP) is 12.4. The third kappa shape index (κ3) is 4.91. The van der Waals surface area contributed by atoms with Crippen molar-refractivity contribution >= 4 is 76.7 Å². The van der Waals surface area contributed by atoms with E-state index < -0.39 is 6.17 Å². The molecule has 9 aromatic carbocycles. The van der Waals surface area contributed by atoms with Crippen LogP contribution in [0, 0.1) is 0 Å². The van der Waals surface area contributed by atoms with E-state index in [4.69, 9.17) is 14.4 Å². The highest BCUT2D eigenvalue weighted by molar-refractivity contribution is 6.19. The van der Waals surface area contributed by atoms with Gasteiger partial charge in [0, 0.05) is 21.9 Å². The number of amidine groups is 2. The smallest absolute Gasteiger partial charge is 0.169 e. The molecule has 1 aliphatic rings. The summed E-state index contributed by atoms with van der Waals surface area (Å²) in [5.74, 6) is 1.60. The Balaban J connectivity index is 1.05. The molecule has 0 saturated heterocycles. The van der Waals surface area contributed by atoms with Gasteiger partial charge in [0.15, 0.2) is 6.17 Å². The molecule has 0 unspecified atom stereocenters. The Kier molecular flexibility index (Phi) is 6.58. The summed E-state index contributed by atoms with van der Waals surface area (Å²) >= 11 is 0. The number of benzene rings is 9. The quantitative estimate of drug-likeness (QED) is 0.189. The lowest BCUT2D eigenvalue weighted by Gasteiger charge is -2.23. The van der Waals surface area contributed by atoms with Crippen molar-refractivity contribution in [3.63, 3.8) is 0 Å². The first kappa shape index (κ1) is 29.7. The van der Waals surface area contributed by atoms with E-state index in [9.17, 15) is 0 Å². The minimum absolute atomic E-state index is 0.438. The highest BCUT2D eigenvalue weighted by Crippen LogP contribution is 2.38.